The summed E-state index contributed by atoms with van der Waals surface area (Å²) < 4.78 is 15.7. The van der Waals surface area contributed by atoms with Gasteiger partial charge in [0.05, 0.1) is 23.8 Å². The summed E-state index contributed by atoms with van der Waals surface area (Å²) in [5, 5.41) is 2.97. The lowest BCUT2D eigenvalue weighted by Gasteiger charge is -2.33. The Bertz CT molecular complexity index is 547. The van der Waals surface area contributed by atoms with E-state index >= 15 is 0 Å². The van der Waals surface area contributed by atoms with Gasteiger partial charge in [-0.15, -0.1) is 0 Å². The van der Waals surface area contributed by atoms with Crippen LogP contribution in [-0.4, -0.2) is 49.8 Å². The summed E-state index contributed by atoms with van der Waals surface area (Å²) in [5.41, 5.74) is -1.17. The maximum absolute atomic E-state index is 13.1. The van der Waals surface area contributed by atoms with Gasteiger partial charge in [-0.3, -0.25) is 14.4 Å². The van der Waals surface area contributed by atoms with Crippen LogP contribution in [0.4, 0.5) is 0 Å². The summed E-state index contributed by atoms with van der Waals surface area (Å²) in [6, 6.07) is -0.276. The van der Waals surface area contributed by atoms with Gasteiger partial charge in [-0.25, -0.2) is 0 Å². The van der Waals surface area contributed by atoms with Gasteiger partial charge in [-0.05, 0) is 46.5 Å². The van der Waals surface area contributed by atoms with E-state index in [1.165, 1.54) is 0 Å². The second-order valence-electron chi connectivity index (χ2n) is 8.76. The molecule has 0 aromatic rings. The summed E-state index contributed by atoms with van der Waals surface area (Å²) in [5.74, 6) is -1.03. The number of hydrogen-bond donors (Lipinski definition) is 1. The molecule has 2 aliphatic rings. The molecular weight excluding hydrogens is 350 g/mol. The van der Waals surface area contributed by atoms with Gasteiger partial charge in [-0.2, -0.15) is 0 Å². The van der Waals surface area contributed by atoms with Crippen LogP contribution >= 0.6 is 0 Å². The first-order chi connectivity index (χ1) is 12.6. The van der Waals surface area contributed by atoms with Crippen molar-refractivity contribution in [3.05, 3.63) is 0 Å². The van der Waals surface area contributed by atoms with Crippen LogP contribution in [0.15, 0.2) is 0 Å². The molecule has 1 amide bonds. The number of hydrogen-bond acceptors (Lipinski definition) is 6. The topological polar surface area (TPSA) is 90.9 Å². The molecule has 0 radical (unpaired) electrons. The number of ether oxygens (including phenoxy) is 3. The molecular formula is C20H33NO6. The summed E-state index contributed by atoms with van der Waals surface area (Å²) in [6.45, 7) is 6.18. The third-order valence-electron chi connectivity index (χ3n) is 5.28. The Morgan fingerprint density at radius 3 is 2.48 bits per heavy atom. The van der Waals surface area contributed by atoms with E-state index in [2.05, 4.69) is 5.32 Å². The Kier molecular flexibility index (Phi) is 7.25. The minimum Gasteiger partial charge on any atom is -0.463 e. The van der Waals surface area contributed by atoms with E-state index in [1.807, 2.05) is 20.8 Å². The van der Waals surface area contributed by atoms with Crippen LogP contribution in [0, 0.1) is 11.3 Å². The van der Waals surface area contributed by atoms with Gasteiger partial charge in [0, 0.05) is 13.7 Å². The minimum atomic E-state index is -0.596. The van der Waals surface area contributed by atoms with E-state index in [0.717, 1.165) is 25.7 Å². The van der Waals surface area contributed by atoms with Gasteiger partial charge in [-0.1, -0.05) is 12.8 Å². The van der Waals surface area contributed by atoms with E-state index in [4.69, 9.17) is 14.2 Å². The molecule has 1 aliphatic carbocycles. The first-order valence-corrected chi connectivity index (χ1v) is 9.83. The van der Waals surface area contributed by atoms with Crippen molar-refractivity contribution >= 4 is 17.8 Å². The Hall–Kier alpha value is -1.63. The van der Waals surface area contributed by atoms with Crippen molar-refractivity contribution in [2.24, 2.45) is 11.3 Å². The van der Waals surface area contributed by atoms with Crippen LogP contribution in [0.3, 0.4) is 0 Å². The molecule has 2 fully saturated rings. The third kappa shape index (κ3) is 6.19. The number of carbonyl (C=O) groups is 3. The number of methoxy groups -OCH3 is 1. The quantitative estimate of drug-likeness (QED) is 0.647. The second kappa shape index (κ2) is 9.04. The molecule has 2 atom stereocenters. The Morgan fingerprint density at radius 1 is 1.30 bits per heavy atom. The molecule has 27 heavy (non-hydrogen) atoms. The highest BCUT2D eigenvalue weighted by molar-refractivity contribution is 5.85. The highest BCUT2D eigenvalue weighted by Crippen LogP contribution is 2.44. The van der Waals surface area contributed by atoms with Crippen LogP contribution in [0.25, 0.3) is 0 Å². The van der Waals surface area contributed by atoms with Crippen LogP contribution in [0.5, 0.6) is 0 Å². The van der Waals surface area contributed by atoms with Crippen molar-refractivity contribution < 1.29 is 28.6 Å². The minimum absolute atomic E-state index is 0.0747. The average molecular weight is 383 g/mol. The second-order valence-corrected chi connectivity index (χ2v) is 8.76. The van der Waals surface area contributed by atoms with Gasteiger partial charge < -0.3 is 19.5 Å². The van der Waals surface area contributed by atoms with Crippen molar-refractivity contribution in [1.82, 2.24) is 5.32 Å². The third-order valence-corrected chi connectivity index (χ3v) is 5.28. The molecule has 7 nitrogen and oxygen atoms in total. The van der Waals surface area contributed by atoms with E-state index in [0.29, 0.717) is 19.4 Å². The fourth-order valence-electron chi connectivity index (χ4n) is 3.94. The zero-order valence-corrected chi connectivity index (χ0v) is 17.0. The fourth-order valence-corrected chi connectivity index (χ4v) is 3.94. The molecule has 0 aromatic heterocycles. The van der Waals surface area contributed by atoms with Crippen LogP contribution < -0.4 is 5.32 Å². The SMILES string of the molecule is COCCC(CC1(C(=O)NC2COC(=O)C2)CCCC1)C(=O)OC(C)(C)C. The molecule has 1 heterocycles. The molecule has 0 bridgehead atoms. The highest BCUT2D eigenvalue weighted by Gasteiger charge is 2.45. The zero-order chi connectivity index (χ0) is 20.1. The predicted octanol–water partition coefficient (Wildman–Crippen LogP) is 2.36. The summed E-state index contributed by atoms with van der Waals surface area (Å²) in [4.78, 5) is 37.1. The van der Waals surface area contributed by atoms with Crippen molar-refractivity contribution in [2.45, 2.75) is 77.4 Å². The number of carbonyl (C=O) groups excluding carboxylic acids is 3. The molecule has 7 heteroatoms. The number of esters is 2. The maximum Gasteiger partial charge on any atom is 0.309 e. The molecule has 1 aliphatic heterocycles. The molecule has 0 aromatic carbocycles. The molecule has 154 valence electrons. The Morgan fingerprint density at radius 2 is 1.96 bits per heavy atom. The summed E-state index contributed by atoms with van der Waals surface area (Å²) >= 11 is 0. The molecule has 2 unspecified atom stereocenters. The molecule has 0 spiro atoms. The van der Waals surface area contributed by atoms with Gasteiger partial charge in [0.2, 0.25) is 5.91 Å². The molecule has 1 saturated heterocycles. The molecule has 2 rings (SSSR count). The Balaban J connectivity index is 2.10. The maximum atomic E-state index is 13.1. The lowest BCUT2D eigenvalue weighted by atomic mass is 9.75. The monoisotopic (exact) mass is 383 g/mol. The normalized spacial score (nSPS) is 23.0. The smallest absolute Gasteiger partial charge is 0.309 e. The van der Waals surface area contributed by atoms with E-state index in [1.54, 1.807) is 7.11 Å². The van der Waals surface area contributed by atoms with Crippen molar-refractivity contribution in [1.29, 1.82) is 0 Å². The van der Waals surface area contributed by atoms with E-state index in [-0.39, 0.29) is 36.9 Å². The van der Waals surface area contributed by atoms with Crippen molar-refractivity contribution in [3.63, 3.8) is 0 Å². The van der Waals surface area contributed by atoms with Gasteiger partial charge in [0.1, 0.15) is 12.2 Å². The van der Waals surface area contributed by atoms with Crippen LogP contribution in [0.1, 0.15) is 65.7 Å². The number of cyclic esters (lactones) is 1. The lowest BCUT2D eigenvalue weighted by Crippen LogP contribution is -2.46. The van der Waals surface area contributed by atoms with Crippen molar-refractivity contribution in [3.8, 4) is 0 Å². The molecule has 1 N–H and O–H groups in total. The standard InChI is InChI=1S/C20H33NO6/c1-19(2,3)27-17(23)14(7-10-25-4)12-20(8-5-6-9-20)18(24)21-15-11-16(22)26-13-15/h14-15H,5-13H2,1-4H3,(H,21,24). The van der Waals surface area contributed by atoms with Gasteiger partial charge in [0.15, 0.2) is 0 Å². The fraction of sp³-hybridized carbons (Fsp3) is 0.850. The first kappa shape index (κ1) is 21.7. The summed E-state index contributed by atoms with van der Waals surface area (Å²) in [6.07, 6.45) is 4.57. The van der Waals surface area contributed by atoms with Crippen LogP contribution in [-0.2, 0) is 28.6 Å². The van der Waals surface area contributed by atoms with Crippen molar-refractivity contribution in [2.75, 3.05) is 20.3 Å². The number of rotatable bonds is 8. The van der Waals surface area contributed by atoms with E-state index in [9.17, 15) is 14.4 Å². The number of amides is 1. The first-order valence-electron chi connectivity index (χ1n) is 9.83. The predicted molar refractivity (Wildman–Crippen MR) is 98.9 cm³/mol. The van der Waals surface area contributed by atoms with Gasteiger partial charge >= 0.3 is 11.9 Å². The largest absolute Gasteiger partial charge is 0.463 e. The Labute approximate surface area is 161 Å². The van der Waals surface area contributed by atoms with Crippen LogP contribution in [0.2, 0.25) is 0 Å². The number of nitrogens with one attached hydrogen (secondary N) is 1. The van der Waals surface area contributed by atoms with E-state index < -0.39 is 16.9 Å². The molecule has 1 saturated carbocycles. The lowest BCUT2D eigenvalue weighted by molar-refractivity contribution is -0.162. The average Bonchev–Trinajstić information content (AvgIpc) is 3.19. The summed E-state index contributed by atoms with van der Waals surface area (Å²) in [7, 11) is 1.60. The van der Waals surface area contributed by atoms with Gasteiger partial charge in [0.25, 0.3) is 0 Å². The zero-order valence-electron chi connectivity index (χ0n) is 17.0. The highest BCUT2D eigenvalue weighted by atomic mass is 16.6.